The first-order chi connectivity index (χ1) is 22.8. The van der Waals surface area contributed by atoms with Crippen molar-refractivity contribution < 1.29 is 78.5 Å². The van der Waals surface area contributed by atoms with E-state index < -0.39 is 80.0 Å². The summed E-state index contributed by atoms with van der Waals surface area (Å²) in [5, 5.41) is 70.8. The number of carbonyl (C=O) groups excluding carboxylic acids is 2. The first-order valence-electron chi connectivity index (χ1n) is 15.0. The fraction of sp³-hybridized carbons (Fsp3) is 0.500. The van der Waals surface area contributed by atoms with Gasteiger partial charge in [0.15, 0.2) is 47.8 Å². The molecule has 7 N–H and O–H groups in total. The predicted molar refractivity (Wildman–Crippen MR) is 162 cm³/mol. The molecule has 0 amide bonds. The van der Waals surface area contributed by atoms with Crippen molar-refractivity contribution >= 4 is 18.0 Å². The first kappa shape index (κ1) is 36.8. The van der Waals surface area contributed by atoms with Crippen molar-refractivity contribution in [3.63, 3.8) is 0 Å². The molecule has 2 aliphatic rings. The maximum absolute atomic E-state index is 13.1. The number of benzene rings is 2. The fourth-order valence-corrected chi connectivity index (χ4v) is 5.21. The van der Waals surface area contributed by atoms with Gasteiger partial charge < -0.3 is 68.9 Å². The molecule has 16 heteroatoms. The highest BCUT2D eigenvalue weighted by Crippen LogP contribution is 2.33. The minimum atomic E-state index is -1.80. The molecule has 0 aromatic heterocycles. The summed E-state index contributed by atoms with van der Waals surface area (Å²) in [6.45, 7) is 1.68. The number of carbonyl (C=O) groups is 2. The van der Waals surface area contributed by atoms with Gasteiger partial charge in [0.25, 0.3) is 0 Å². The normalized spacial score (nSPS) is 30.6. The van der Waals surface area contributed by atoms with E-state index in [-0.39, 0.29) is 36.0 Å². The van der Waals surface area contributed by atoms with Crippen molar-refractivity contribution in [1.82, 2.24) is 0 Å². The minimum Gasteiger partial charge on any atom is -0.504 e. The van der Waals surface area contributed by atoms with Crippen molar-refractivity contribution in [2.24, 2.45) is 0 Å². The number of phenolic OH excluding ortho intramolecular Hbond substituents is 3. The van der Waals surface area contributed by atoms with Crippen LogP contribution in [-0.2, 0) is 44.4 Å². The van der Waals surface area contributed by atoms with E-state index in [4.69, 9.17) is 33.2 Å². The second-order valence-electron chi connectivity index (χ2n) is 11.2. The van der Waals surface area contributed by atoms with Crippen molar-refractivity contribution in [2.45, 2.75) is 81.7 Å². The Labute approximate surface area is 275 Å². The summed E-state index contributed by atoms with van der Waals surface area (Å²) < 4.78 is 39.6. The Balaban J connectivity index is 1.62. The van der Waals surface area contributed by atoms with Gasteiger partial charge in [-0.2, -0.15) is 0 Å². The lowest BCUT2D eigenvalue weighted by atomic mass is 9.96. The number of aliphatic hydroxyl groups is 4. The van der Waals surface area contributed by atoms with Gasteiger partial charge in [0.1, 0.15) is 30.5 Å². The van der Waals surface area contributed by atoms with Crippen LogP contribution in [0.5, 0.6) is 23.0 Å². The molecule has 48 heavy (non-hydrogen) atoms. The van der Waals surface area contributed by atoms with Crippen molar-refractivity contribution in [3.05, 3.63) is 53.6 Å². The average molecular weight is 681 g/mol. The highest BCUT2D eigenvalue weighted by atomic mass is 16.8. The fourth-order valence-electron chi connectivity index (χ4n) is 5.21. The highest BCUT2D eigenvalue weighted by Gasteiger charge is 2.54. The first-order valence-corrected chi connectivity index (χ1v) is 15.0. The Morgan fingerprint density at radius 2 is 1.58 bits per heavy atom. The number of hydrogen-bond acceptors (Lipinski definition) is 16. The van der Waals surface area contributed by atoms with Crippen LogP contribution < -0.4 is 4.74 Å². The number of aromatic hydroxyl groups is 3. The van der Waals surface area contributed by atoms with E-state index in [1.807, 2.05) is 0 Å². The zero-order valence-corrected chi connectivity index (χ0v) is 26.3. The Morgan fingerprint density at radius 1 is 0.854 bits per heavy atom. The molecule has 2 aromatic carbocycles. The third-order valence-corrected chi connectivity index (χ3v) is 7.75. The largest absolute Gasteiger partial charge is 0.504 e. The van der Waals surface area contributed by atoms with Crippen LogP contribution in [-0.4, -0.2) is 129 Å². The highest BCUT2D eigenvalue weighted by molar-refractivity contribution is 5.87. The molecule has 16 nitrogen and oxygen atoms in total. The zero-order chi connectivity index (χ0) is 35.1. The van der Waals surface area contributed by atoms with Crippen LogP contribution in [0.15, 0.2) is 42.5 Å². The van der Waals surface area contributed by atoms with Crippen molar-refractivity contribution in [2.75, 3.05) is 20.3 Å². The lowest BCUT2D eigenvalue weighted by molar-refractivity contribution is -0.358. The van der Waals surface area contributed by atoms with Crippen LogP contribution in [0.4, 0.5) is 0 Å². The van der Waals surface area contributed by atoms with Gasteiger partial charge in [-0.25, -0.2) is 4.79 Å². The number of hydrogen-bond donors (Lipinski definition) is 7. The van der Waals surface area contributed by atoms with Gasteiger partial charge in [-0.1, -0.05) is 12.1 Å². The molecule has 2 fully saturated rings. The molecular weight excluding hydrogens is 640 g/mol. The summed E-state index contributed by atoms with van der Waals surface area (Å²) in [6.07, 6.45) is -12.4. The zero-order valence-electron chi connectivity index (χ0n) is 26.3. The molecule has 0 spiro atoms. The molecule has 0 saturated carbocycles. The summed E-state index contributed by atoms with van der Waals surface area (Å²) in [5.74, 6) is -2.39. The van der Waals surface area contributed by atoms with Crippen LogP contribution in [0, 0.1) is 0 Å². The number of esters is 2. The van der Waals surface area contributed by atoms with Crippen LogP contribution in [0.2, 0.25) is 0 Å². The van der Waals surface area contributed by atoms with Crippen molar-refractivity contribution in [1.29, 1.82) is 0 Å². The SMILES string of the molecule is COc1cc(/C=C/C(=O)O[C@H]2[C@H](O[C@@H]3O[C@@H](C)[C@H](O)[C@@H](O)[C@H]3O)[C@@H](OC(C)=O)[C@H](OCCc3ccc(O)c(O)c3)O[C@@H]2CO)ccc1O. The number of rotatable bonds is 12. The maximum Gasteiger partial charge on any atom is 0.331 e. The molecule has 0 unspecified atom stereocenters. The van der Waals surface area contributed by atoms with E-state index >= 15 is 0 Å². The standard InChI is InChI=1S/C32H40O16/c1-15-25(39)26(40)27(41)31(44-15)48-29-28(47-24(38)9-6-17-5-8-20(36)22(13-17)42-3)23(14-33)46-32(30(29)45-16(2)34)43-11-10-18-4-7-19(35)21(37)12-18/h4-9,12-13,15,23,25-33,35-37,39-41H,10-11,14H2,1-3H3/b9-6+/t15-,23+,25-,26+,27+,28+,29-,30+,31-,32+/m0/s1. The van der Waals surface area contributed by atoms with Crippen LogP contribution in [0.25, 0.3) is 6.08 Å². The molecule has 2 aliphatic heterocycles. The molecular formula is C32H40O16. The smallest absolute Gasteiger partial charge is 0.331 e. The predicted octanol–water partition coefficient (Wildman–Crippen LogP) is -0.142. The Morgan fingerprint density at radius 3 is 2.25 bits per heavy atom. The van der Waals surface area contributed by atoms with E-state index in [1.165, 1.54) is 50.4 Å². The van der Waals surface area contributed by atoms with Gasteiger partial charge in [0.05, 0.1) is 26.4 Å². The van der Waals surface area contributed by atoms with Gasteiger partial charge in [-0.3, -0.25) is 4.79 Å². The third kappa shape index (κ3) is 8.91. The number of aliphatic hydroxyl groups excluding tert-OH is 4. The maximum atomic E-state index is 13.1. The van der Waals surface area contributed by atoms with Crippen LogP contribution >= 0.6 is 0 Å². The number of phenols is 3. The quantitative estimate of drug-likeness (QED) is 0.0877. The number of methoxy groups -OCH3 is 1. The summed E-state index contributed by atoms with van der Waals surface area (Å²) in [7, 11) is 1.36. The van der Waals surface area contributed by atoms with Gasteiger partial charge in [-0.15, -0.1) is 0 Å². The molecule has 2 aromatic rings. The van der Waals surface area contributed by atoms with Crippen LogP contribution in [0.1, 0.15) is 25.0 Å². The monoisotopic (exact) mass is 680 g/mol. The van der Waals surface area contributed by atoms with Gasteiger partial charge in [0.2, 0.25) is 0 Å². The summed E-state index contributed by atoms with van der Waals surface area (Å²) in [5.41, 5.74) is 1.03. The lowest BCUT2D eigenvalue weighted by Crippen LogP contribution is -2.65. The lowest BCUT2D eigenvalue weighted by Gasteiger charge is -2.47. The van der Waals surface area contributed by atoms with Crippen molar-refractivity contribution in [3.8, 4) is 23.0 Å². The third-order valence-electron chi connectivity index (χ3n) is 7.75. The molecule has 264 valence electrons. The van der Waals surface area contributed by atoms with E-state index in [9.17, 15) is 45.3 Å². The second kappa shape index (κ2) is 16.4. The molecule has 2 saturated heterocycles. The van der Waals surface area contributed by atoms with E-state index in [1.54, 1.807) is 6.07 Å². The van der Waals surface area contributed by atoms with Gasteiger partial charge in [0, 0.05) is 13.0 Å². The molecule has 0 aliphatic carbocycles. The molecule has 0 bridgehead atoms. The summed E-state index contributed by atoms with van der Waals surface area (Å²) >= 11 is 0. The summed E-state index contributed by atoms with van der Waals surface area (Å²) in [6, 6.07) is 8.50. The summed E-state index contributed by atoms with van der Waals surface area (Å²) in [4.78, 5) is 25.4. The molecule has 4 rings (SSSR count). The topological polar surface area (TPSA) is 240 Å². The number of ether oxygens (including phenoxy) is 7. The molecule has 0 radical (unpaired) electrons. The van der Waals surface area contributed by atoms with Gasteiger partial charge >= 0.3 is 11.9 Å². The van der Waals surface area contributed by atoms with E-state index in [2.05, 4.69) is 0 Å². The Kier molecular flexibility index (Phi) is 12.6. The van der Waals surface area contributed by atoms with Gasteiger partial charge in [-0.05, 0) is 54.8 Å². The Hall–Kier alpha value is -4.00. The molecule has 2 heterocycles. The van der Waals surface area contributed by atoms with Crippen LogP contribution in [0.3, 0.4) is 0 Å². The average Bonchev–Trinajstić information content (AvgIpc) is 3.05. The molecule has 10 atom stereocenters. The second-order valence-corrected chi connectivity index (χ2v) is 11.2. The van der Waals surface area contributed by atoms with E-state index in [0.29, 0.717) is 11.1 Å². The minimum absolute atomic E-state index is 0.0920. The van der Waals surface area contributed by atoms with E-state index in [0.717, 1.165) is 13.0 Å². The Bertz CT molecular complexity index is 1430.